The maximum Gasteiger partial charge on any atom is 0.341 e. The van der Waals surface area contributed by atoms with Crippen molar-refractivity contribution in [3.63, 3.8) is 0 Å². The fraction of sp³-hybridized carbons (Fsp3) is 0.176. The summed E-state index contributed by atoms with van der Waals surface area (Å²) < 4.78 is 10.8. The molecule has 0 atom stereocenters. The Morgan fingerprint density at radius 1 is 1.41 bits per heavy atom. The highest BCUT2D eigenvalue weighted by Crippen LogP contribution is 2.35. The second-order valence-corrected chi connectivity index (χ2v) is 6.47. The van der Waals surface area contributed by atoms with Gasteiger partial charge >= 0.3 is 5.97 Å². The molecule has 0 spiro atoms. The monoisotopic (exact) mass is 454 g/mol. The maximum atomic E-state index is 12.6. The minimum atomic E-state index is -1.14. The van der Waals surface area contributed by atoms with Gasteiger partial charge in [0, 0.05) is 11.0 Å². The minimum Gasteiger partial charge on any atom is -0.493 e. The van der Waals surface area contributed by atoms with Crippen molar-refractivity contribution in [3.05, 3.63) is 40.4 Å². The topological polar surface area (TPSA) is 105 Å². The van der Waals surface area contributed by atoms with Crippen LogP contribution >= 0.6 is 28.1 Å². The van der Waals surface area contributed by atoms with E-state index < -0.39 is 24.4 Å². The number of ether oxygens (including phenoxy) is 2. The third-order valence-electron chi connectivity index (χ3n) is 3.43. The number of carbonyl (C=O) groups excluding carboxylic acids is 2. The lowest BCUT2D eigenvalue weighted by molar-refractivity contribution is -0.139. The number of halogens is 1. The van der Waals surface area contributed by atoms with Crippen molar-refractivity contribution in [2.24, 2.45) is 0 Å². The average Bonchev–Trinajstić information content (AvgIpc) is 2.61. The first kappa shape index (κ1) is 20.6. The summed E-state index contributed by atoms with van der Waals surface area (Å²) in [7, 11) is 1.39. The lowest BCUT2D eigenvalue weighted by atomic mass is 10.1. The van der Waals surface area contributed by atoms with E-state index in [0.717, 1.165) is 0 Å². The van der Waals surface area contributed by atoms with E-state index in [9.17, 15) is 14.4 Å². The van der Waals surface area contributed by atoms with Crippen LogP contribution in [0, 0.1) is 0 Å². The van der Waals surface area contributed by atoms with Crippen LogP contribution in [0.2, 0.25) is 0 Å². The summed E-state index contributed by atoms with van der Waals surface area (Å²) in [5.41, 5.74) is 0.340. The van der Waals surface area contributed by atoms with E-state index in [-0.39, 0.29) is 28.7 Å². The van der Waals surface area contributed by atoms with Crippen LogP contribution in [0.25, 0.3) is 6.08 Å². The van der Waals surface area contributed by atoms with Gasteiger partial charge in [-0.3, -0.25) is 19.8 Å². The summed E-state index contributed by atoms with van der Waals surface area (Å²) in [5.74, 6) is -1.87. The molecule has 0 radical (unpaired) electrons. The summed E-state index contributed by atoms with van der Waals surface area (Å²) in [6.07, 6.45) is 2.87. The van der Waals surface area contributed by atoms with Crippen LogP contribution in [0.4, 0.5) is 0 Å². The smallest absolute Gasteiger partial charge is 0.341 e. The van der Waals surface area contributed by atoms with Gasteiger partial charge in [0.1, 0.15) is 5.57 Å². The molecular formula is C17H15BrN2O6S. The van der Waals surface area contributed by atoms with Gasteiger partial charge in [0.25, 0.3) is 11.8 Å². The molecule has 27 heavy (non-hydrogen) atoms. The third-order valence-corrected chi connectivity index (χ3v) is 4.44. The van der Waals surface area contributed by atoms with Crippen molar-refractivity contribution in [1.29, 1.82) is 0 Å². The number of hydrogen-bond donors (Lipinski definition) is 2. The van der Waals surface area contributed by atoms with E-state index in [1.54, 1.807) is 0 Å². The first-order valence-corrected chi connectivity index (χ1v) is 8.70. The summed E-state index contributed by atoms with van der Waals surface area (Å²) in [6, 6.07) is 3.01. The Hall–Kier alpha value is -2.72. The van der Waals surface area contributed by atoms with E-state index in [4.69, 9.17) is 26.8 Å². The third kappa shape index (κ3) is 4.72. The number of amides is 2. The number of carboxylic acid groups (broad SMARTS) is 1. The van der Waals surface area contributed by atoms with Crippen LogP contribution in [0.5, 0.6) is 11.5 Å². The molecule has 1 aromatic rings. The van der Waals surface area contributed by atoms with Gasteiger partial charge in [-0.2, -0.15) is 0 Å². The molecule has 2 rings (SSSR count). The Labute approximate surface area is 168 Å². The number of carbonyl (C=O) groups is 3. The Bertz CT molecular complexity index is 867. The van der Waals surface area contributed by atoms with Gasteiger partial charge in [0.05, 0.1) is 7.11 Å². The number of aliphatic carboxylic acids is 1. The Balaban J connectivity index is 2.43. The molecule has 0 unspecified atom stereocenters. The van der Waals surface area contributed by atoms with Crippen LogP contribution in [0.15, 0.2) is 34.8 Å². The Morgan fingerprint density at radius 3 is 2.70 bits per heavy atom. The Kier molecular flexibility index (Phi) is 6.70. The van der Waals surface area contributed by atoms with Crippen LogP contribution in [0.1, 0.15) is 5.56 Å². The summed E-state index contributed by atoms with van der Waals surface area (Å²) in [4.78, 5) is 36.7. The summed E-state index contributed by atoms with van der Waals surface area (Å²) in [6.45, 7) is 3.17. The lowest BCUT2D eigenvalue weighted by Crippen LogP contribution is -2.53. The molecule has 10 heteroatoms. The summed E-state index contributed by atoms with van der Waals surface area (Å²) in [5, 5.41) is 11.2. The number of rotatable bonds is 7. The maximum absolute atomic E-state index is 12.6. The van der Waals surface area contributed by atoms with Crippen molar-refractivity contribution < 1.29 is 29.0 Å². The van der Waals surface area contributed by atoms with Gasteiger partial charge in [-0.05, 0) is 36.0 Å². The van der Waals surface area contributed by atoms with E-state index in [1.165, 1.54) is 36.3 Å². The zero-order valence-electron chi connectivity index (χ0n) is 14.2. The highest BCUT2D eigenvalue weighted by atomic mass is 79.9. The van der Waals surface area contributed by atoms with E-state index in [0.29, 0.717) is 10.0 Å². The molecule has 0 saturated carbocycles. The predicted octanol–water partition coefficient (Wildman–Crippen LogP) is 1.73. The number of nitrogens with one attached hydrogen (secondary N) is 1. The Morgan fingerprint density at radius 2 is 2.11 bits per heavy atom. The van der Waals surface area contributed by atoms with Crippen molar-refractivity contribution in [2.45, 2.75) is 0 Å². The molecule has 2 amide bonds. The number of thiocarbonyl (C=S) groups is 1. The second kappa shape index (κ2) is 8.78. The molecule has 1 heterocycles. The number of hydrogen-bond acceptors (Lipinski definition) is 6. The molecule has 0 aromatic heterocycles. The molecule has 1 saturated heterocycles. The largest absolute Gasteiger partial charge is 0.493 e. The molecule has 0 bridgehead atoms. The van der Waals surface area contributed by atoms with E-state index in [1.807, 2.05) is 0 Å². The molecule has 1 aliphatic heterocycles. The van der Waals surface area contributed by atoms with E-state index >= 15 is 0 Å². The van der Waals surface area contributed by atoms with Gasteiger partial charge in [0.15, 0.2) is 23.2 Å². The molecule has 1 fully saturated rings. The van der Waals surface area contributed by atoms with Gasteiger partial charge in [-0.1, -0.05) is 22.0 Å². The predicted molar refractivity (Wildman–Crippen MR) is 104 cm³/mol. The highest BCUT2D eigenvalue weighted by molar-refractivity contribution is 9.10. The summed E-state index contributed by atoms with van der Waals surface area (Å²) >= 11 is 8.32. The number of benzene rings is 1. The van der Waals surface area contributed by atoms with Gasteiger partial charge < -0.3 is 14.6 Å². The molecule has 2 N–H and O–H groups in total. The molecule has 142 valence electrons. The molecule has 1 aliphatic rings. The molecule has 1 aromatic carbocycles. The fourth-order valence-corrected chi connectivity index (χ4v) is 2.90. The van der Waals surface area contributed by atoms with Crippen molar-refractivity contribution in [2.75, 3.05) is 20.3 Å². The zero-order chi connectivity index (χ0) is 20.1. The van der Waals surface area contributed by atoms with E-state index in [2.05, 4.69) is 27.8 Å². The minimum absolute atomic E-state index is 0.0103. The van der Waals surface area contributed by atoms with Crippen LogP contribution in [0.3, 0.4) is 0 Å². The SMILES string of the molecule is C=CCN1C(=O)/C(=C\c2cc(OC)c(OCC(=O)O)cc2Br)C(=O)NC1=S. The van der Waals surface area contributed by atoms with Crippen molar-refractivity contribution in [1.82, 2.24) is 10.2 Å². The lowest BCUT2D eigenvalue weighted by Gasteiger charge is -2.27. The standard InChI is InChI=1S/C17H15BrN2O6S/c1-3-4-20-16(24)10(15(23)19-17(20)27)5-9-6-12(25-2)13(7-11(9)18)26-8-14(21)22/h3,5-7H,1,4,8H2,2H3,(H,21,22)(H,19,23,27)/b10-5-. The van der Waals surface area contributed by atoms with Gasteiger partial charge in [-0.25, -0.2) is 4.79 Å². The van der Waals surface area contributed by atoms with Gasteiger partial charge in [-0.15, -0.1) is 6.58 Å². The normalized spacial score (nSPS) is 15.6. The van der Waals surface area contributed by atoms with Crippen molar-refractivity contribution in [3.8, 4) is 11.5 Å². The van der Waals surface area contributed by atoms with Crippen LogP contribution in [-0.2, 0) is 14.4 Å². The van der Waals surface area contributed by atoms with Gasteiger partial charge in [0.2, 0.25) is 0 Å². The number of methoxy groups -OCH3 is 1. The number of carboxylic acids is 1. The first-order valence-electron chi connectivity index (χ1n) is 7.50. The van der Waals surface area contributed by atoms with Crippen LogP contribution in [-0.4, -0.2) is 53.2 Å². The highest BCUT2D eigenvalue weighted by Gasteiger charge is 2.32. The number of nitrogens with zero attached hydrogens (tertiary/aromatic N) is 1. The fourth-order valence-electron chi connectivity index (χ4n) is 2.22. The van der Waals surface area contributed by atoms with Crippen LogP contribution < -0.4 is 14.8 Å². The molecule has 8 nitrogen and oxygen atoms in total. The van der Waals surface area contributed by atoms with Crippen molar-refractivity contribution >= 4 is 57.1 Å². The quantitative estimate of drug-likeness (QED) is 0.279. The average molecular weight is 455 g/mol. The molecule has 0 aliphatic carbocycles. The second-order valence-electron chi connectivity index (χ2n) is 5.23. The zero-order valence-corrected chi connectivity index (χ0v) is 16.6. The first-order chi connectivity index (χ1) is 12.8. The molecular weight excluding hydrogens is 440 g/mol.